The summed E-state index contributed by atoms with van der Waals surface area (Å²) in [6, 6.07) is 0.249. The Bertz CT molecular complexity index is 460. The van der Waals surface area contributed by atoms with Crippen LogP contribution in [0.2, 0.25) is 0 Å². The van der Waals surface area contributed by atoms with Crippen LogP contribution in [0.3, 0.4) is 0 Å². The molecule has 0 saturated carbocycles. The van der Waals surface area contributed by atoms with E-state index in [1.165, 1.54) is 12.7 Å². The lowest BCUT2D eigenvalue weighted by Gasteiger charge is -2.09. The first kappa shape index (κ1) is 10.7. The Labute approximate surface area is 92.8 Å². The Morgan fingerprint density at radius 2 is 1.88 bits per heavy atom. The third kappa shape index (κ3) is 1.94. The van der Waals surface area contributed by atoms with Crippen molar-refractivity contribution in [3.8, 4) is 0 Å². The molecule has 0 aliphatic rings. The molecule has 7 heteroatoms. The van der Waals surface area contributed by atoms with E-state index in [-0.39, 0.29) is 12.6 Å². The minimum Gasteiger partial charge on any atom is -0.388 e. The van der Waals surface area contributed by atoms with E-state index >= 15 is 0 Å². The van der Waals surface area contributed by atoms with Crippen molar-refractivity contribution in [1.29, 1.82) is 0 Å². The molecule has 0 fully saturated rings. The minimum atomic E-state index is -0.129. The Kier molecular flexibility index (Phi) is 2.95. The molecule has 2 aromatic heterocycles. The van der Waals surface area contributed by atoms with Crippen molar-refractivity contribution in [2.24, 2.45) is 0 Å². The molecule has 0 bridgehead atoms. The van der Waals surface area contributed by atoms with Crippen LogP contribution < -0.4 is 0 Å². The first-order valence-electron chi connectivity index (χ1n) is 5.08. The molecular formula is C9H14N6O. The second-order valence-electron chi connectivity index (χ2n) is 3.71. The molecule has 2 aromatic rings. The normalized spacial score (nSPS) is 11.2. The fourth-order valence-corrected chi connectivity index (χ4v) is 1.50. The van der Waals surface area contributed by atoms with Crippen LogP contribution in [0.5, 0.6) is 0 Å². The van der Waals surface area contributed by atoms with Gasteiger partial charge in [0, 0.05) is 6.04 Å². The van der Waals surface area contributed by atoms with E-state index < -0.39 is 0 Å². The van der Waals surface area contributed by atoms with Crippen LogP contribution in [0.15, 0.2) is 12.7 Å². The summed E-state index contributed by atoms with van der Waals surface area (Å²) in [5, 5.41) is 17.2. The van der Waals surface area contributed by atoms with E-state index in [1.807, 2.05) is 18.5 Å². The maximum absolute atomic E-state index is 9.05. The highest BCUT2D eigenvalue weighted by atomic mass is 16.3. The van der Waals surface area contributed by atoms with E-state index in [0.29, 0.717) is 12.4 Å². The van der Waals surface area contributed by atoms with Crippen molar-refractivity contribution < 1.29 is 5.11 Å². The Morgan fingerprint density at radius 3 is 2.56 bits per heavy atom. The molecule has 2 rings (SSSR count). The number of hydrogen-bond acceptors (Lipinski definition) is 5. The monoisotopic (exact) mass is 222 g/mol. The molecule has 0 saturated heterocycles. The standard InChI is InChI=1S/C9H14N6O/c1-7(2)15-8(10-6-13-15)3-14-9(4-16)11-5-12-14/h5-7,16H,3-4H2,1-2H3. The van der Waals surface area contributed by atoms with Crippen LogP contribution in [0, 0.1) is 0 Å². The largest absolute Gasteiger partial charge is 0.388 e. The van der Waals surface area contributed by atoms with Crippen molar-refractivity contribution >= 4 is 0 Å². The van der Waals surface area contributed by atoms with Crippen molar-refractivity contribution in [2.45, 2.75) is 33.0 Å². The Morgan fingerprint density at radius 1 is 1.19 bits per heavy atom. The fraction of sp³-hybridized carbons (Fsp3) is 0.556. The number of hydrogen-bond donors (Lipinski definition) is 1. The van der Waals surface area contributed by atoms with Gasteiger partial charge in [-0.2, -0.15) is 10.2 Å². The molecule has 0 aliphatic carbocycles. The molecule has 1 N–H and O–H groups in total. The molecular weight excluding hydrogens is 208 g/mol. The quantitative estimate of drug-likeness (QED) is 0.786. The highest BCUT2D eigenvalue weighted by Gasteiger charge is 2.10. The summed E-state index contributed by atoms with van der Waals surface area (Å²) in [5.41, 5.74) is 0. The highest BCUT2D eigenvalue weighted by molar-refractivity contribution is 4.91. The third-order valence-corrected chi connectivity index (χ3v) is 2.26. The lowest BCUT2D eigenvalue weighted by molar-refractivity contribution is 0.263. The van der Waals surface area contributed by atoms with E-state index in [9.17, 15) is 0 Å². The Hall–Kier alpha value is -1.76. The summed E-state index contributed by atoms with van der Waals surface area (Å²) in [6.07, 6.45) is 2.94. The van der Waals surface area contributed by atoms with Crippen LogP contribution in [0.4, 0.5) is 0 Å². The van der Waals surface area contributed by atoms with Crippen LogP contribution in [-0.4, -0.2) is 34.6 Å². The lowest BCUT2D eigenvalue weighted by atomic mass is 10.4. The van der Waals surface area contributed by atoms with E-state index in [2.05, 4.69) is 20.2 Å². The summed E-state index contributed by atoms with van der Waals surface area (Å²) in [5.74, 6) is 1.33. The minimum absolute atomic E-state index is 0.129. The number of rotatable bonds is 4. The van der Waals surface area contributed by atoms with Gasteiger partial charge in [0.2, 0.25) is 0 Å². The summed E-state index contributed by atoms with van der Waals surface area (Å²) < 4.78 is 3.44. The van der Waals surface area contributed by atoms with Crippen molar-refractivity contribution in [2.75, 3.05) is 0 Å². The lowest BCUT2D eigenvalue weighted by Crippen LogP contribution is -2.14. The third-order valence-electron chi connectivity index (χ3n) is 2.26. The first-order chi connectivity index (χ1) is 7.72. The molecule has 16 heavy (non-hydrogen) atoms. The molecule has 86 valence electrons. The van der Waals surface area contributed by atoms with Gasteiger partial charge in [-0.15, -0.1) is 0 Å². The molecule has 0 amide bonds. The summed E-state index contributed by atoms with van der Waals surface area (Å²) in [7, 11) is 0. The van der Waals surface area contributed by atoms with Gasteiger partial charge in [-0.1, -0.05) is 0 Å². The van der Waals surface area contributed by atoms with Gasteiger partial charge in [-0.3, -0.25) is 0 Å². The second kappa shape index (κ2) is 4.40. The van der Waals surface area contributed by atoms with Gasteiger partial charge in [-0.05, 0) is 13.8 Å². The van der Waals surface area contributed by atoms with Gasteiger partial charge in [0.15, 0.2) is 5.82 Å². The highest BCUT2D eigenvalue weighted by Crippen LogP contribution is 2.07. The van der Waals surface area contributed by atoms with Crippen LogP contribution in [0.25, 0.3) is 0 Å². The Balaban J connectivity index is 2.23. The molecule has 0 atom stereocenters. The second-order valence-corrected chi connectivity index (χ2v) is 3.71. The van der Waals surface area contributed by atoms with Gasteiger partial charge in [0.25, 0.3) is 0 Å². The number of aromatic nitrogens is 6. The molecule has 2 heterocycles. The maximum atomic E-state index is 9.05. The van der Waals surface area contributed by atoms with Gasteiger partial charge in [0.1, 0.15) is 31.6 Å². The molecule has 0 unspecified atom stereocenters. The van der Waals surface area contributed by atoms with Gasteiger partial charge >= 0.3 is 0 Å². The number of aliphatic hydroxyl groups is 1. The van der Waals surface area contributed by atoms with Crippen LogP contribution in [-0.2, 0) is 13.2 Å². The molecule has 0 radical (unpaired) electrons. The van der Waals surface area contributed by atoms with Gasteiger partial charge in [0.05, 0.1) is 0 Å². The smallest absolute Gasteiger partial charge is 0.153 e. The SMILES string of the molecule is CC(C)n1ncnc1Cn1ncnc1CO. The number of nitrogens with zero attached hydrogens (tertiary/aromatic N) is 6. The fourth-order valence-electron chi connectivity index (χ4n) is 1.50. The topological polar surface area (TPSA) is 81.7 Å². The summed E-state index contributed by atoms with van der Waals surface area (Å²) >= 11 is 0. The zero-order valence-electron chi connectivity index (χ0n) is 9.28. The molecule has 7 nitrogen and oxygen atoms in total. The van der Waals surface area contributed by atoms with E-state index in [4.69, 9.17) is 5.11 Å². The predicted octanol–water partition coefficient (Wildman–Crippen LogP) is -0.00890. The molecule has 0 aromatic carbocycles. The van der Waals surface area contributed by atoms with Crippen molar-refractivity contribution in [3.63, 3.8) is 0 Å². The zero-order valence-corrected chi connectivity index (χ0v) is 9.28. The zero-order chi connectivity index (χ0) is 11.5. The first-order valence-corrected chi connectivity index (χ1v) is 5.08. The average Bonchev–Trinajstić information content (AvgIpc) is 2.86. The molecule has 0 spiro atoms. The van der Waals surface area contributed by atoms with Crippen molar-refractivity contribution in [3.05, 3.63) is 24.3 Å². The predicted molar refractivity (Wildman–Crippen MR) is 55.5 cm³/mol. The van der Waals surface area contributed by atoms with Crippen LogP contribution in [0.1, 0.15) is 31.5 Å². The average molecular weight is 222 g/mol. The van der Waals surface area contributed by atoms with E-state index in [0.717, 1.165) is 5.82 Å². The van der Waals surface area contributed by atoms with E-state index in [1.54, 1.807) is 4.68 Å². The number of aliphatic hydroxyl groups excluding tert-OH is 1. The van der Waals surface area contributed by atoms with Gasteiger partial charge in [-0.25, -0.2) is 19.3 Å². The van der Waals surface area contributed by atoms with Crippen LogP contribution >= 0.6 is 0 Å². The van der Waals surface area contributed by atoms with Gasteiger partial charge < -0.3 is 5.11 Å². The molecule has 0 aliphatic heterocycles. The summed E-state index contributed by atoms with van der Waals surface area (Å²) in [4.78, 5) is 8.10. The maximum Gasteiger partial charge on any atom is 0.153 e. The summed E-state index contributed by atoms with van der Waals surface area (Å²) in [6.45, 7) is 4.41. The van der Waals surface area contributed by atoms with Crippen molar-refractivity contribution in [1.82, 2.24) is 29.5 Å².